The first-order chi connectivity index (χ1) is 12.2. The molecule has 1 N–H and O–H groups in total. The zero-order chi connectivity index (χ0) is 17.2. The Kier molecular flexibility index (Phi) is 4.97. The van der Waals surface area contributed by atoms with Crippen molar-refractivity contribution in [2.45, 2.75) is 69.9 Å². The fraction of sp³-hybridized carbons (Fsp3) is 0.789. The van der Waals surface area contributed by atoms with Crippen molar-refractivity contribution in [1.82, 2.24) is 14.7 Å². The van der Waals surface area contributed by atoms with Crippen molar-refractivity contribution in [3.05, 3.63) is 11.8 Å². The fourth-order valence-corrected chi connectivity index (χ4v) is 4.81. The summed E-state index contributed by atoms with van der Waals surface area (Å²) in [5, 5.41) is 7.64. The highest BCUT2D eigenvalue weighted by molar-refractivity contribution is 5.89. The Labute approximate surface area is 149 Å². The fourth-order valence-electron chi connectivity index (χ4n) is 4.81. The summed E-state index contributed by atoms with van der Waals surface area (Å²) in [5.74, 6) is 1.46. The second kappa shape index (κ2) is 7.36. The van der Waals surface area contributed by atoms with Crippen molar-refractivity contribution >= 4 is 11.8 Å². The maximum Gasteiger partial charge on any atom is 0.323 e. The van der Waals surface area contributed by atoms with Gasteiger partial charge in [-0.25, -0.2) is 4.79 Å². The van der Waals surface area contributed by atoms with Crippen LogP contribution in [0.3, 0.4) is 0 Å². The van der Waals surface area contributed by atoms with Gasteiger partial charge in [0.05, 0.1) is 5.69 Å². The minimum atomic E-state index is 0.0370. The number of urea groups is 1. The van der Waals surface area contributed by atoms with E-state index >= 15 is 0 Å². The van der Waals surface area contributed by atoms with Gasteiger partial charge in [-0.15, -0.1) is 0 Å². The monoisotopic (exact) mass is 346 g/mol. The molecular formula is C19H30N4O2. The van der Waals surface area contributed by atoms with Crippen molar-refractivity contribution in [1.29, 1.82) is 0 Å². The van der Waals surface area contributed by atoms with Gasteiger partial charge in [-0.05, 0) is 44.4 Å². The summed E-state index contributed by atoms with van der Waals surface area (Å²) in [6.07, 6.45) is 11.0. The number of aryl methyl sites for hydroxylation is 1. The lowest BCUT2D eigenvalue weighted by molar-refractivity contribution is 0.108. The number of amides is 2. The number of anilines is 1. The Bertz CT molecular complexity index is 603. The van der Waals surface area contributed by atoms with Gasteiger partial charge in [0, 0.05) is 32.3 Å². The molecule has 4 rings (SSSR count). The molecule has 138 valence electrons. The molecule has 2 atom stereocenters. The SMILES string of the molecule is Cn1nc(C2CCCO2)cc1NC(=O)N1CCCC1C1CCCCC1. The van der Waals surface area contributed by atoms with Crippen LogP contribution in [0.15, 0.2) is 6.07 Å². The lowest BCUT2D eigenvalue weighted by Gasteiger charge is -2.34. The van der Waals surface area contributed by atoms with Gasteiger partial charge in [0.1, 0.15) is 11.9 Å². The molecule has 25 heavy (non-hydrogen) atoms. The van der Waals surface area contributed by atoms with E-state index in [1.54, 1.807) is 4.68 Å². The van der Waals surface area contributed by atoms with E-state index in [0.717, 1.165) is 50.3 Å². The Morgan fingerprint density at radius 3 is 2.76 bits per heavy atom. The van der Waals surface area contributed by atoms with Crippen LogP contribution in [0.1, 0.15) is 69.6 Å². The number of aromatic nitrogens is 2. The van der Waals surface area contributed by atoms with E-state index in [4.69, 9.17) is 4.74 Å². The molecule has 3 fully saturated rings. The predicted molar refractivity (Wildman–Crippen MR) is 96.5 cm³/mol. The molecule has 2 aliphatic heterocycles. The molecule has 0 bridgehead atoms. The number of nitrogens with one attached hydrogen (secondary N) is 1. The predicted octanol–water partition coefficient (Wildman–Crippen LogP) is 3.85. The van der Waals surface area contributed by atoms with Crippen LogP contribution in [0.4, 0.5) is 10.6 Å². The molecular weight excluding hydrogens is 316 g/mol. The van der Waals surface area contributed by atoms with Crippen LogP contribution >= 0.6 is 0 Å². The number of carbonyl (C=O) groups is 1. The first-order valence-electron chi connectivity index (χ1n) is 9.95. The van der Waals surface area contributed by atoms with Crippen LogP contribution in [0.2, 0.25) is 0 Å². The summed E-state index contributed by atoms with van der Waals surface area (Å²) in [6, 6.07) is 2.43. The van der Waals surface area contributed by atoms with Crippen LogP contribution in [0.25, 0.3) is 0 Å². The van der Waals surface area contributed by atoms with Gasteiger partial charge < -0.3 is 9.64 Å². The standard InChI is InChI=1S/C19H30N4O2/c1-22-18(13-15(21-22)17-10-6-12-25-17)20-19(24)23-11-5-9-16(23)14-7-3-2-4-8-14/h13-14,16-17H,2-12H2,1H3,(H,20,24). The molecule has 1 aromatic rings. The first-order valence-corrected chi connectivity index (χ1v) is 9.95. The third kappa shape index (κ3) is 3.54. The quantitative estimate of drug-likeness (QED) is 0.904. The number of nitrogens with zero attached hydrogens (tertiary/aromatic N) is 3. The summed E-state index contributed by atoms with van der Waals surface area (Å²) >= 11 is 0. The Morgan fingerprint density at radius 1 is 1.16 bits per heavy atom. The third-order valence-corrected chi connectivity index (χ3v) is 6.15. The average molecular weight is 346 g/mol. The van der Waals surface area contributed by atoms with Crippen molar-refractivity contribution in [2.75, 3.05) is 18.5 Å². The summed E-state index contributed by atoms with van der Waals surface area (Å²) in [4.78, 5) is 15.0. The van der Waals surface area contributed by atoms with E-state index in [2.05, 4.69) is 15.3 Å². The first kappa shape index (κ1) is 16.9. The van der Waals surface area contributed by atoms with Gasteiger partial charge >= 0.3 is 6.03 Å². The number of hydrogen-bond acceptors (Lipinski definition) is 3. The van der Waals surface area contributed by atoms with Crippen molar-refractivity contribution in [3.8, 4) is 0 Å². The molecule has 2 amide bonds. The second-order valence-electron chi connectivity index (χ2n) is 7.81. The Morgan fingerprint density at radius 2 is 2.00 bits per heavy atom. The van der Waals surface area contributed by atoms with E-state index < -0.39 is 0 Å². The minimum absolute atomic E-state index is 0.0370. The van der Waals surface area contributed by atoms with Crippen molar-refractivity contribution in [2.24, 2.45) is 13.0 Å². The maximum absolute atomic E-state index is 12.9. The van der Waals surface area contributed by atoms with Crippen LogP contribution in [0, 0.1) is 5.92 Å². The van der Waals surface area contributed by atoms with Crippen LogP contribution in [0.5, 0.6) is 0 Å². The van der Waals surface area contributed by atoms with E-state index in [-0.39, 0.29) is 12.1 Å². The lowest BCUT2D eigenvalue weighted by atomic mass is 9.83. The molecule has 0 spiro atoms. The second-order valence-corrected chi connectivity index (χ2v) is 7.81. The van der Waals surface area contributed by atoms with Crippen LogP contribution in [-0.2, 0) is 11.8 Å². The normalized spacial score (nSPS) is 27.8. The van der Waals surface area contributed by atoms with Gasteiger partial charge in [-0.3, -0.25) is 10.00 Å². The number of rotatable bonds is 3. The maximum atomic E-state index is 12.9. The smallest absolute Gasteiger partial charge is 0.323 e. The average Bonchev–Trinajstić information content (AvgIpc) is 3.37. The van der Waals surface area contributed by atoms with E-state index in [1.165, 1.54) is 32.1 Å². The molecule has 0 aromatic carbocycles. The number of ether oxygens (including phenoxy) is 1. The molecule has 1 aliphatic carbocycles. The highest BCUT2D eigenvalue weighted by Gasteiger charge is 2.35. The van der Waals surface area contributed by atoms with E-state index in [0.29, 0.717) is 12.0 Å². The van der Waals surface area contributed by atoms with Gasteiger partial charge in [0.15, 0.2) is 0 Å². The summed E-state index contributed by atoms with van der Waals surface area (Å²) < 4.78 is 7.47. The largest absolute Gasteiger partial charge is 0.372 e. The lowest BCUT2D eigenvalue weighted by Crippen LogP contribution is -2.43. The number of likely N-dealkylation sites (tertiary alicyclic amines) is 1. The molecule has 0 radical (unpaired) electrons. The topological polar surface area (TPSA) is 59.4 Å². The number of carbonyl (C=O) groups excluding carboxylic acids is 1. The van der Waals surface area contributed by atoms with Crippen LogP contribution < -0.4 is 5.32 Å². The number of hydrogen-bond donors (Lipinski definition) is 1. The Balaban J connectivity index is 1.42. The van der Waals surface area contributed by atoms with Gasteiger partial charge in [-0.1, -0.05) is 19.3 Å². The summed E-state index contributed by atoms with van der Waals surface area (Å²) in [5.41, 5.74) is 0.931. The van der Waals surface area contributed by atoms with Gasteiger partial charge in [-0.2, -0.15) is 5.10 Å². The van der Waals surface area contributed by atoms with Crippen molar-refractivity contribution < 1.29 is 9.53 Å². The summed E-state index contributed by atoms with van der Waals surface area (Å²) in [7, 11) is 1.89. The zero-order valence-corrected chi connectivity index (χ0v) is 15.2. The molecule has 1 aromatic heterocycles. The van der Waals surface area contributed by atoms with E-state index in [1.807, 2.05) is 13.1 Å². The molecule has 2 unspecified atom stereocenters. The molecule has 6 nitrogen and oxygen atoms in total. The van der Waals surface area contributed by atoms with Gasteiger partial charge in [0.25, 0.3) is 0 Å². The van der Waals surface area contributed by atoms with Crippen molar-refractivity contribution in [3.63, 3.8) is 0 Å². The molecule has 3 aliphatic rings. The molecule has 3 heterocycles. The Hall–Kier alpha value is -1.56. The summed E-state index contributed by atoms with van der Waals surface area (Å²) in [6.45, 7) is 1.68. The highest BCUT2D eigenvalue weighted by Crippen LogP contribution is 2.35. The molecule has 1 saturated carbocycles. The highest BCUT2D eigenvalue weighted by atomic mass is 16.5. The van der Waals surface area contributed by atoms with Crippen LogP contribution in [-0.4, -0.2) is 39.9 Å². The van der Waals surface area contributed by atoms with E-state index in [9.17, 15) is 4.79 Å². The zero-order valence-electron chi connectivity index (χ0n) is 15.2. The molecule has 2 saturated heterocycles. The molecule has 6 heteroatoms. The van der Waals surface area contributed by atoms with Gasteiger partial charge in [0.2, 0.25) is 0 Å². The third-order valence-electron chi connectivity index (χ3n) is 6.15. The minimum Gasteiger partial charge on any atom is -0.372 e.